The van der Waals surface area contributed by atoms with E-state index in [1.54, 1.807) is 11.3 Å². The summed E-state index contributed by atoms with van der Waals surface area (Å²) in [5.41, 5.74) is 6.99. The fourth-order valence-electron chi connectivity index (χ4n) is 1.83. The van der Waals surface area contributed by atoms with Gasteiger partial charge in [0, 0.05) is 18.3 Å². The smallest absolute Gasteiger partial charge is 0.161 e. The second-order valence-corrected chi connectivity index (χ2v) is 6.00. The molecule has 5 heteroatoms. The van der Waals surface area contributed by atoms with Gasteiger partial charge in [0.15, 0.2) is 11.6 Å². The number of nitrogens with zero attached hydrogens (tertiary/aromatic N) is 3. The number of rotatable bonds is 3. The molecule has 0 spiro atoms. The second kappa shape index (κ2) is 4.49. The molecule has 0 aromatic carbocycles. The maximum absolute atomic E-state index is 5.99. The standard InChI is InChI=1S/C12H18N4S/c1-7(2)5-10-14-12(16(4)15-10)9-6-8(3)17-11(9)13/h6-7H,5,13H2,1-4H3. The van der Waals surface area contributed by atoms with E-state index in [9.17, 15) is 0 Å². The summed E-state index contributed by atoms with van der Waals surface area (Å²) < 4.78 is 1.82. The van der Waals surface area contributed by atoms with Gasteiger partial charge in [0.2, 0.25) is 0 Å². The van der Waals surface area contributed by atoms with Gasteiger partial charge in [0.25, 0.3) is 0 Å². The first-order chi connectivity index (χ1) is 7.97. The number of thiophene rings is 1. The lowest BCUT2D eigenvalue weighted by atomic mass is 10.1. The van der Waals surface area contributed by atoms with Gasteiger partial charge in [0.1, 0.15) is 0 Å². The summed E-state index contributed by atoms with van der Waals surface area (Å²) in [4.78, 5) is 5.77. The fourth-order valence-corrected chi connectivity index (χ4v) is 2.61. The molecule has 2 rings (SSSR count). The van der Waals surface area contributed by atoms with Crippen LogP contribution in [0, 0.1) is 12.8 Å². The maximum Gasteiger partial charge on any atom is 0.161 e. The van der Waals surface area contributed by atoms with Crippen LogP contribution in [0.25, 0.3) is 11.4 Å². The zero-order chi connectivity index (χ0) is 12.6. The first-order valence-corrected chi connectivity index (χ1v) is 6.55. The first kappa shape index (κ1) is 12.1. The Bertz CT molecular complexity index is 525. The van der Waals surface area contributed by atoms with Crippen LogP contribution in [0.3, 0.4) is 0 Å². The van der Waals surface area contributed by atoms with E-state index in [-0.39, 0.29) is 0 Å². The highest BCUT2D eigenvalue weighted by molar-refractivity contribution is 7.16. The van der Waals surface area contributed by atoms with E-state index in [0.29, 0.717) is 5.92 Å². The van der Waals surface area contributed by atoms with E-state index in [4.69, 9.17) is 5.73 Å². The maximum atomic E-state index is 5.99. The molecule has 2 N–H and O–H groups in total. The van der Waals surface area contributed by atoms with Crippen LogP contribution in [0.4, 0.5) is 5.00 Å². The minimum atomic E-state index is 0.562. The van der Waals surface area contributed by atoms with Crippen molar-refractivity contribution in [3.8, 4) is 11.4 Å². The van der Waals surface area contributed by atoms with Gasteiger partial charge in [-0.1, -0.05) is 13.8 Å². The largest absolute Gasteiger partial charge is 0.390 e. The number of aromatic nitrogens is 3. The quantitative estimate of drug-likeness (QED) is 0.911. The Hall–Kier alpha value is -1.36. The summed E-state index contributed by atoms with van der Waals surface area (Å²) in [5.74, 6) is 2.31. The highest BCUT2D eigenvalue weighted by atomic mass is 32.1. The Morgan fingerprint density at radius 1 is 1.47 bits per heavy atom. The van der Waals surface area contributed by atoms with Crippen LogP contribution in [-0.2, 0) is 13.5 Å². The van der Waals surface area contributed by atoms with Crippen molar-refractivity contribution in [3.63, 3.8) is 0 Å². The van der Waals surface area contributed by atoms with Crippen molar-refractivity contribution in [1.82, 2.24) is 14.8 Å². The van der Waals surface area contributed by atoms with E-state index in [0.717, 1.165) is 28.6 Å². The molecular formula is C12H18N4S. The van der Waals surface area contributed by atoms with Crippen LogP contribution >= 0.6 is 11.3 Å². The lowest BCUT2D eigenvalue weighted by Crippen LogP contribution is -1.98. The van der Waals surface area contributed by atoms with Gasteiger partial charge in [0.05, 0.1) is 10.6 Å². The molecule has 0 aliphatic carbocycles. The summed E-state index contributed by atoms with van der Waals surface area (Å²) in [7, 11) is 1.92. The molecule has 17 heavy (non-hydrogen) atoms. The zero-order valence-electron chi connectivity index (χ0n) is 10.7. The molecule has 0 aliphatic rings. The van der Waals surface area contributed by atoms with Crippen molar-refractivity contribution in [2.24, 2.45) is 13.0 Å². The molecule has 0 saturated carbocycles. The van der Waals surface area contributed by atoms with Gasteiger partial charge >= 0.3 is 0 Å². The molecule has 0 radical (unpaired) electrons. The van der Waals surface area contributed by atoms with Crippen molar-refractivity contribution in [3.05, 3.63) is 16.8 Å². The molecular weight excluding hydrogens is 232 g/mol. The third-order valence-electron chi connectivity index (χ3n) is 2.52. The SMILES string of the molecule is Cc1cc(-c2nc(CC(C)C)nn2C)c(N)s1. The molecule has 0 unspecified atom stereocenters. The Morgan fingerprint density at radius 2 is 2.18 bits per heavy atom. The Balaban J connectivity index is 2.39. The molecule has 92 valence electrons. The predicted molar refractivity (Wildman–Crippen MR) is 72.0 cm³/mol. The van der Waals surface area contributed by atoms with Crippen molar-refractivity contribution >= 4 is 16.3 Å². The van der Waals surface area contributed by atoms with Crippen molar-refractivity contribution in [2.45, 2.75) is 27.2 Å². The number of hydrogen-bond donors (Lipinski definition) is 1. The van der Waals surface area contributed by atoms with Crippen LogP contribution in [-0.4, -0.2) is 14.8 Å². The molecule has 0 atom stereocenters. The predicted octanol–water partition coefficient (Wildman–Crippen LogP) is 2.63. The van der Waals surface area contributed by atoms with Gasteiger partial charge in [-0.3, -0.25) is 0 Å². The van der Waals surface area contributed by atoms with Gasteiger partial charge in [-0.25, -0.2) is 9.67 Å². The third kappa shape index (κ3) is 2.49. The lowest BCUT2D eigenvalue weighted by Gasteiger charge is -1.97. The second-order valence-electron chi connectivity index (χ2n) is 4.71. The Kier molecular flexibility index (Phi) is 3.19. The fraction of sp³-hybridized carbons (Fsp3) is 0.500. The van der Waals surface area contributed by atoms with Crippen LogP contribution in [0.2, 0.25) is 0 Å². The van der Waals surface area contributed by atoms with Gasteiger partial charge in [-0.05, 0) is 18.9 Å². The van der Waals surface area contributed by atoms with Crippen molar-refractivity contribution in [1.29, 1.82) is 0 Å². The van der Waals surface area contributed by atoms with Gasteiger partial charge in [-0.2, -0.15) is 5.10 Å². The summed E-state index contributed by atoms with van der Waals surface area (Å²) in [6, 6.07) is 2.07. The average Bonchev–Trinajstić information content (AvgIpc) is 2.69. The zero-order valence-corrected chi connectivity index (χ0v) is 11.5. The van der Waals surface area contributed by atoms with E-state index < -0.39 is 0 Å². The van der Waals surface area contributed by atoms with Crippen LogP contribution in [0.5, 0.6) is 0 Å². The molecule has 0 fully saturated rings. The molecule has 2 aromatic rings. The summed E-state index contributed by atoms with van der Waals surface area (Å²) >= 11 is 1.59. The van der Waals surface area contributed by atoms with E-state index in [1.807, 2.05) is 11.7 Å². The topological polar surface area (TPSA) is 56.7 Å². The molecule has 2 heterocycles. The number of nitrogens with two attached hydrogens (primary N) is 1. The Labute approximate surface area is 105 Å². The highest BCUT2D eigenvalue weighted by Gasteiger charge is 2.14. The molecule has 4 nitrogen and oxygen atoms in total. The monoisotopic (exact) mass is 250 g/mol. The van der Waals surface area contributed by atoms with Crippen molar-refractivity contribution in [2.75, 3.05) is 5.73 Å². The van der Waals surface area contributed by atoms with Crippen molar-refractivity contribution < 1.29 is 0 Å². The lowest BCUT2D eigenvalue weighted by molar-refractivity contribution is 0.613. The number of aryl methyl sites for hydroxylation is 2. The third-order valence-corrected chi connectivity index (χ3v) is 3.40. The summed E-state index contributed by atoms with van der Waals surface area (Å²) in [6.07, 6.45) is 0.900. The summed E-state index contributed by atoms with van der Waals surface area (Å²) in [6.45, 7) is 6.38. The minimum absolute atomic E-state index is 0.562. The molecule has 2 aromatic heterocycles. The molecule has 0 bridgehead atoms. The minimum Gasteiger partial charge on any atom is -0.390 e. The first-order valence-electron chi connectivity index (χ1n) is 5.73. The van der Waals surface area contributed by atoms with E-state index in [2.05, 4.69) is 36.9 Å². The molecule has 0 aliphatic heterocycles. The van der Waals surface area contributed by atoms with Crippen LogP contribution in [0.1, 0.15) is 24.5 Å². The molecule has 0 saturated heterocycles. The highest BCUT2D eigenvalue weighted by Crippen LogP contribution is 2.32. The van der Waals surface area contributed by atoms with E-state index in [1.165, 1.54) is 4.88 Å². The number of nitrogen functional groups attached to an aromatic ring is 1. The Morgan fingerprint density at radius 3 is 2.71 bits per heavy atom. The summed E-state index contributed by atoms with van der Waals surface area (Å²) in [5, 5.41) is 5.25. The van der Waals surface area contributed by atoms with E-state index >= 15 is 0 Å². The van der Waals surface area contributed by atoms with Gasteiger partial charge in [-0.15, -0.1) is 11.3 Å². The normalized spacial score (nSPS) is 11.4. The number of anilines is 1. The average molecular weight is 250 g/mol. The molecule has 0 amide bonds. The number of hydrogen-bond acceptors (Lipinski definition) is 4. The van der Waals surface area contributed by atoms with Crippen LogP contribution < -0.4 is 5.73 Å². The van der Waals surface area contributed by atoms with Gasteiger partial charge < -0.3 is 5.73 Å². The van der Waals surface area contributed by atoms with Crippen LogP contribution in [0.15, 0.2) is 6.07 Å².